The predicted octanol–water partition coefficient (Wildman–Crippen LogP) is 0.243. The van der Waals surface area contributed by atoms with E-state index in [9.17, 15) is 4.79 Å². The summed E-state index contributed by atoms with van der Waals surface area (Å²) in [5, 5.41) is 0. The molecule has 2 aromatic rings. The first-order chi connectivity index (χ1) is 14.2. The Kier molecular flexibility index (Phi) is 5.49. The number of carbonyl (C=O) groups is 1. The lowest BCUT2D eigenvalue weighted by molar-refractivity contribution is -0.197. The van der Waals surface area contributed by atoms with Crippen molar-refractivity contribution in [1.29, 1.82) is 0 Å². The van der Waals surface area contributed by atoms with E-state index in [0.29, 0.717) is 36.5 Å². The largest absolute Gasteiger partial charge is 0.450 e. The monoisotopic (exact) mass is 421 g/mol. The molecule has 0 saturated carbocycles. The van der Waals surface area contributed by atoms with Gasteiger partial charge in [-0.15, -0.1) is 0 Å². The summed E-state index contributed by atoms with van der Waals surface area (Å²) in [6.07, 6.45) is 1.65. The van der Waals surface area contributed by atoms with E-state index in [2.05, 4.69) is 19.9 Å². The summed E-state index contributed by atoms with van der Waals surface area (Å²) in [7, 11) is 1.97. The van der Waals surface area contributed by atoms with Crippen LogP contribution >= 0.6 is 0 Å². The van der Waals surface area contributed by atoms with Gasteiger partial charge in [0.2, 0.25) is 0 Å². The van der Waals surface area contributed by atoms with Crippen LogP contribution in [0.25, 0.3) is 11.2 Å². The molecule has 2 aliphatic rings. The number of aromatic nitrogens is 4. The number of fused-ring (bicyclic) bond motifs is 2. The minimum atomic E-state index is -0.766. The first-order valence-electron chi connectivity index (χ1n) is 9.80. The van der Waals surface area contributed by atoms with Crippen LogP contribution < -0.4 is 11.5 Å². The Balaban J connectivity index is 1.49. The van der Waals surface area contributed by atoms with Crippen molar-refractivity contribution in [2.75, 3.05) is 32.5 Å². The topological polar surface area (TPSA) is 153 Å². The molecule has 0 aliphatic carbocycles. The van der Waals surface area contributed by atoms with Crippen molar-refractivity contribution < 1.29 is 23.7 Å². The van der Waals surface area contributed by atoms with Gasteiger partial charge in [0.15, 0.2) is 23.5 Å². The second-order valence-electron chi connectivity index (χ2n) is 8.00. The van der Waals surface area contributed by atoms with Crippen molar-refractivity contribution in [3.05, 3.63) is 12.7 Å². The van der Waals surface area contributed by atoms with Gasteiger partial charge < -0.3 is 35.3 Å². The van der Waals surface area contributed by atoms with Crippen LogP contribution in [0.3, 0.4) is 0 Å². The van der Waals surface area contributed by atoms with Crippen LogP contribution in [0.5, 0.6) is 0 Å². The second kappa shape index (κ2) is 7.95. The zero-order valence-electron chi connectivity index (χ0n) is 17.2. The molecule has 0 aromatic carbocycles. The average Bonchev–Trinajstić information content (AvgIpc) is 3.31. The van der Waals surface area contributed by atoms with Gasteiger partial charge in [-0.05, 0) is 27.3 Å². The standard InChI is InChI=1S/C18H27N7O5/c1-18(2)29-12-10(7-24(3)5-4-6-27-17(20)26)28-16(13(12)30-18)25-9-23-11-14(19)21-8-22-15(11)25/h8-10,12-13,16H,4-7H2,1-3H3,(H2,20,26)(H2,19,21,22)/t10-,12-,13-,16-/m1/s1. The summed E-state index contributed by atoms with van der Waals surface area (Å²) >= 11 is 0. The zero-order valence-corrected chi connectivity index (χ0v) is 17.2. The fraction of sp³-hybridized carbons (Fsp3) is 0.667. The molecule has 4 rings (SSSR count). The molecule has 164 valence electrons. The molecule has 2 saturated heterocycles. The van der Waals surface area contributed by atoms with Crippen molar-refractivity contribution in [2.45, 2.75) is 50.6 Å². The van der Waals surface area contributed by atoms with Gasteiger partial charge in [-0.1, -0.05) is 0 Å². The van der Waals surface area contributed by atoms with Gasteiger partial charge in [-0.3, -0.25) is 4.57 Å². The molecule has 2 aromatic heterocycles. The Hall–Kier alpha value is -2.54. The third-order valence-corrected chi connectivity index (χ3v) is 5.21. The second-order valence-corrected chi connectivity index (χ2v) is 8.00. The Morgan fingerprint density at radius 2 is 2.07 bits per heavy atom. The van der Waals surface area contributed by atoms with E-state index in [4.69, 9.17) is 30.4 Å². The molecular formula is C18H27N7O5. The van der Waals surface area contributed by atoms with Gasteiger partial charge in [0.05, 0.1) is 12.9 Å². The quantitative estimate of drug-likeness (QED) is 0.594. The number of nitrogen functional groups attached to an aromatic ring is 1. The highest BCUT2D eigenvalue weighted by Gasteiger charge is 2.56. The lowest BCUT2D eigenvalue weighted by Gasteiger charge is -2.27. The van der Waals surface area contributed by atoms with E-state index in [1.54, 1.807) is 6.33 Å². The van der Waals surface area contributed by atoms with Crippen LogP contribution in [0.15, 0.2) is 12.7 Å². The molecule has 0 radical (unpaired) electrons. The number of anilines is 1. The van der Waals surface area contributed by atoms with Crippen LogP contribution in [0.2, 0.25) is 0 Å². The third kappa shape index (κ3) is 4.03. The van der Waals surface area contributed by atoms with Crippen LogP contribution in [0, 0.1) is 0 Å². The highest BCUT2D eigenvalue weighted by molar-refractivity contribution is 5.81. The molecule has 4 heterocycles. The molecule has 2 aliphatic heterocycles. The maximum atomic E-state index is 10.7. The first-order valence-corrected chi connectivity index (χ1v) is 9.80. The minimum absolute atomic E-state index is 0.236. The third-order valence-electron chi connectivity index (χ3n) is 5.21. The highest BCUT2D eigenvalue weighted by Crippen LogP contribution is 2.43. The van der Waals surface area contributed by atoms with E-state index in [0.717, 1.165) is 0 Å². The van der Waals surface area contributed by atoms with E-state index >= 15 is 0 Å². The van der Waals surface area contributed by atoms with E-state index < -0.39 is 18.1 Å². The van der Waals surface area contributed by atoms with Gasteiger partial charge in [0.25, 0.3) is 0 Å². The predicted molar refractivity (Wildman–Crippen MR) is 105 cm³/mol. The molecule has 2 fully saturated rings. The molecule has 12 heteroatoms. The number of rotatable bonds is 7. The number of imidazole rings is 1. The van der Waals surface area contributed by atoms with Crippen molar-refractivity contribution >= 4 is 23.1 Å². The van der Waals surface area contributed by atoms with Crippen molar-refractivity contribution in [3.63, 3.8) is 0 Å². The lowest BCUT2D eigenvalue weighted by Crippen LogP contribution is -2.39. The molecule has 0 bridgehead atoms. The molecule has 0 unspecified atom stereocenters. The maximum absolute atomic E-state index is 10.7. The zero-order chi connectivity index (χ0) is 21.5. The molecule has 1 amide bonds. The van der Waals surface area contributed by atoms with Gasteiger partial charge in [0.1, 0.15) is 30.2 Å². The van der Waals surface area contributed by atoms with E-state index in [-0.39, 0.29) is 24.9 Å². The van der Waals surface area contributed by atoms with Crippen molar-refractivity contribution in [1.82, 2.24) is 24.4 Å². The Labute approximate surface area is 173 Å². The number of nitrogens with zero attached hydrogens (tertiary/aromatic N) is 5. The Morgan fingerprint density at radius 3 is 2.83 bits per heavy atom. The van der Waals surface area contributed by atoms with E-state index in [1.807, 2.05) is 25.5 Å². The summed E-state index contributed by atoms with van der Waals surface area (Å²) in [6.45, 7) is 5.36. The number of primary amides is 1. The lowest BCUT2D eigenvalue weighted by atomic mass is 10.1. The SMILES string of the molecule is CN(CCCOC(N)=O)C[C@H]1O[C@@H](n2cnc3c(N)ncnc32)[C@@H]2OC(C)(C)O[C@@H]21. The highest BCUT2D eigenvalue weighted by atomic mass is 16.8. The summed E-state index contributed by atoms with van der Waals surface area (Å²) in [5.41, 5.74) is 12.0. The molecule has 12 nitrogen and oxygen atoms in total. The maximum Gasteiger partial charge on any atom is 0.404 e. The average molecular weight is 421 g/mol. The minimum Gasteiger partial charge on any atom is -0.450 e. The van der Waals surface area contributed by atoms with Gasteiger partial charge in [-0.25, -0.2) is 19.7 Å². The van der Waals surface area contributed by atoms with Crippen LogP contribution in [0.4, 0.5) is 10.6 Å². The summed E-state index contributed by atoms with van der Waals surface area (Å²) in [5.74, 6) is -0.417. The normalized spacial score (nSPS) is 27.6. The fourth-order valence-electron chi connectivity index (χ4n) is 3.99. The summed E-state index contributed by atoms with van der Waals surface area (Å²) in [6, 6.07) is 0. The molecule has 0 spiro atoms. The summed E-state index contributed by atoms with van der Waals surface area (Å²) < 4.78 is 25.3. The number of likely N-dealkylation sites (N-methyl/N-ethyl adjacent to an activating group) is 1. The molecule has 30 heavy (non-hydrogen) atoms. The summed E-state index contributed by atoms with van der Waals surface area (Å²) in [4.78, 5) is 25.4. The molecular weight excluding hydrogens is 394 g/mol. The first kappa shape index (κ1) is 20.7. The number of nitrogens with two attached hydrogens (primary N) is 2. The van der Waals surface area contributed by atoms with Crippen LogP contribution in [-0.4, -0.2) is 81.4 Å². The number of hydrogen-bond donors (Lipinski definition) is 2. The number of carbonyl (C=O) groups excluding carboxylic acids is 1. The van der Waals surface area contributed by atoms with Crippen LogP contribution in [-0.2, 0) is 18.9 Å². The van der Waals surface area contributed by atoms with Gasteiger partial charge in [-0.2, -0.15) is 0 Å². The van der Waals surface area contributed by atoms with Crippen molar-refractivity contribution in [3.8, 4) is 0 Å². The number of hydrogen-bond acceptors (Lipinski definition) is 10. The number of ether oxygens (including phenoxy) is 4. The van der Waals surface area contributed by atoms with Crippen LogP contribution in [0.1, 0.15) is 26.5 Å². The van der Waals surface area contributed by atoms with Gasteiger partial charge >= 0.3 is 6.09 Å². The van der Waals surface area contributed by atoms with Crippen molar-refractivity contribution in [2.24, 2.45) is 5.73 Å². The van der Waals surface area contributed by atoms with E-state index in [1.165, 1.54) is 6.33 Å². The number of amides is 1. The Bertz CT molecular complexity index is 919. The molecule has 4 atom stereocenters. The fourth-order valence-corrected chi connectivity index (χ4v) is 3.99. The smallest absolute Gasteiger partial charge is 0.404 e. The molecule has 4 N–H and O–H groups in total. The van der Waals surface area contributed by atoms with Gasteiger partial charge in [0, 0.05) is 13.1 Å². The Morgan fingerprint density at radius 1 is 1.30 bits per heavy atom.